The minimum absolute atomic E-state index is 0.295. The predicted octanol–water partition coefficient (Wildman–Crippen LogP) is -2.13. The lowest BCUT2D eigenvalue weighted by Crippen LogP contribution is -2.45. The first-order valence-electron chi connectivity index (χ1n) is 7.25. The number of aromatic nitrogens is 2. The highest BCUT2D eigenvalue weighted by atomic mass is 16.2. The molecule has 23 heavy (non-hydrogen) atoms. The van der Waals surface area contributed by atoms with Crippen LogP contribution >= 0.6 is 0 Å². The van der Waals surface area contributed by atoms with Gasteiger partial charge in [-0.3, -0.25) is 23.9 Å². The number of rotatable bonds is 1. The van der Waals surface area contributed by atoms with Crippen LogP contribution < -0.4 is 16.7 Å². The lowest BCUT2D eigenvalue weighted by Gasteiger charge is -2.22. The second-order valence-corrected chi connectivity index (χ2v) is 6.13. The highest BCUT2D eigenvalue weighted by Crippen LogP contribution is 2.38. The SMILES string of the molecule is Cc1c([C@@H]2NN(C)[C@@H]3C(=O)N(C)C(=O)[C@@H]32)c(=O)n(C)c(=O)n1C. The first-order valence-corrected chi connectivity index (χ1v) is 7.25. The molecule has 0 spiro atoms. The molecule has 1 aromatic heterocycles. The van der Waals surface area contributed by atoms with Gasteiger partial charge in [-0.15, -0.1) is 0 Å². The Morgan fingerprint density at radius 3 is 2.13 bits per heavy atom. The summed E-state index contributed by atoms with van der Waals surface area (Å²) >= 11 is 0. The quantitative estimate of drug-likeness (QED) is 0.594. The normalized spacial score (nSPS) is 27.9. The number of amides is 2. The maximum Gasteiger partial charge on any atom is 0.330 e. The molecule has 2 saturated heterocycles. The van der Waals surface area contributed by atoms with Crippen LogP contribution in [-0.2, 0) is 23.7 Å². The summed E-state index contributed by atoms with van der Waals surface area (Å²) in [6.45, 7) is 1.66. The van der Waals surface area contributed by atoms with E-state index in [1.807, 2.05) is 0 Å². The van der Waals surface area contributed by atoms with Crippen molar-refractivity contribution in [2.24, 2.45) is 20.0 Å². The molecular weight excluding hydrogens is 302 g/mol. The van der Waals surface area contributed by atoms with Gasteiger partial charge in [-0.2, -0.15) is 0 Å². The summed E-state index contributed by atoms with van der Waals surface area (Å²) in [4.78, 5) is 50.4. The van der Waals surface area contributed by atoms with Gasteiger partial charge in [0.15, 0.2) is 0 Å². The van der Waals surface area contributed by atoms with Crippen LogP contribution in [0.15, 0.2) is 9.59 Å². The summed E-state index contributed by atoms with van der Waals surface area (Å²) in [5.41, 5.74) is 2.99. The molecule has 3 atom stereocenters. The van der Waals surface area contributed by atoms with Crippen molar-refractivity contribution in [1.29, 1.82) is 0 Å². The lowest BCUT2D eigenvalue weighted by atomic mass is 9.90. The number of hydrogen-bond acceptors (Lipinski definition) is 6. The van der Waals surface area contributed by atoms with E-state index in [9.17, 15) is 19.2 Å². The standard InChI is InChI=1S/C14H19N5O4/c1-6-7(11(20)18(4)14(23)16(6)2)9-8-10(19(5)15-9)13(22)17(3)12(8)21/h8-10,15H,1-5H3/t8-,9+,10+/m1/s1. The summed E-state index contributed by atoms with van der Waals surface area (Å²) in [5, 5.41) is 1.57. The number of fused-ring (bicyclic) bond motifs is 1. The zero-order valence-corrected chi connectivity index (χ0v) is 13.7. The Balaban J connectivity index is 2.22. The minimum atomic E-state index is -0.679. The molecule has 9 nitrogen and oxygen atoms in total. The Bertz CT molecular complexity index is 839. The molecular formula is C14H19N5O4. The maximum absolute atomic E-state index is 12.6. The van der Waals surface area contributed by atoms with Gasteiger partial charge in [0, 0.05) is 33.9 Å². The fourth-order valence-electron chi connectivity index (χ4n) is 3.50. The van der Waals surface area contributed by atoms with E-state index >= 15 is 0 Å². The summed E-state index contributed by atoms with van der Waals surface area (Å²) in [7, 11) is 6.09. The van der Waals surface area contributed by atoms with Gasteiger partial charge in [0.2, 0.25) is 11.8 Å². The monoisotopic (exact) mass is 321 g/mol. The van der Waals surface area contributed by atoms with Gasteiger partial charge < -0.3 is 4.57 Å². The molecule has 0 bridgehead atoms. The fourth-order valence-corrected chi connectivity index (χ4v) is 3.50. The van der Waals surface area contributed by atoms with E-state index in [0.717, 1.165) is 9.47 Å². The molecule has 2 aliphatic heterocycles. The number of carbonyl (C=O) groups is 2. The molecule has 0 unspecified atom stereocenters. The number of likely N-dealkylation sites (tertiary alicyclic amines) is 1. The van der Waals surface area contributed by atoms with Gasteiger partial charge in [-0.05, 0) is 6.92 Å². The van der Waals surface area contributed by atoms with Crippen LogP contribution in [0.4, 0.5) is 0 Å². The van der Waals surface area contributed by atoms with Gasteiger partial charge in [0.05, 0.1) is 17.5 Å². The highest BCUT2D eigenvalue weighted by molar-refractivity contribution is 6.07. The smallest absolute Gasteiger partial charge is 0.301 e. The highest BCUT2D eigenvalue weighted by Gasteiger charge is 2.57. The molecule has 3 heterocycles. The Labute approximate surface area is 132 Å². The molecule has 124 valence electrons. The van der Waals surface area contributed by atoms with Gasteiger partial charge in [-0.1, -0.05) is 0 Å². The van der Waals surface area contributed by atoms with Crippen LogP contribution in [-0.4, -0.2) is 51.0 Å². The van der Waals surface area contributed by atoms with E-state index < -0.39 is 29.3 Å². The van der Waals surface area contributed by atoms with Crippen molar-refractivity contribution < 1.29 is 9.59 Å². The van der Waals surface area contributed by atoms with E-state index in [1.165, 1.54) is 18.7 Å². The Kier molecular flexibility index (Phi) is 3.31. The fraction of sp³-hybridized carbons (Fsp3) is 0.571. The molecule has 0 aliphatic carbocycles. The average Bonchev–Trinajstić information content (AvgIpc) is 2.96. The average molecular weight is 321 g/mol. The zero-order chi connectivity index (χ0) is 17.2. The van der Waals surface area contributed by atoms with Crippen molar-refractivity contribution in [2.75, 3.05) is 14.1 Å². The second kappa shape index (κ2) is 4.87. The number of nitrogens with one attached hydrogen (secondary N) is 1. The lowest BCUT2D eigenvalue weighted by molar-refractivity contribution is -0.139. The Morgan fingerprint density at radius 1 is 0.913 bits per heavy atom. The number of imide groups is 1. The third-order valence-corrected chi connectivity index (χ3v) is 4.97. The molecule has 2 aliphatic rings. The Hall–Kier alpha value is -2.26. The van der Waals surface area contributed by atoms with Crippen molar-refractivity contribution in [2.45, 2.75) is 19.0 Å². The zero-order valence-electron chi connectivity index (χ0n) is 13.7. The molecule has 1 aromatic rings. The molecule has 2 amide bonds. The van der Waals surface area contributed by atoms with E-state index in [1.54, 1.807) is 26.0 Å². The van der Waals surface area contributed by atoms with Crippen LogP contribution in [0.2, 0.25) is 0 Å². The van der Waals surface area contributed by atoms with Gasteiger partial charge in [0.25, 0.3) is 5.56 Å². The van der Waals surface area contributed by atoms with E-state index in [2.05, 4.69) is 5.43 Å². The van der Waals surface area contributed by atoms with Crippen molar-refractivity contribution in [3.63, 3.8) is 0 Å². The Morgan fingerprint density at radius 2 is 1.52 bits per heavy atom. The molecule has 1 N–H and O–H groups in total. The van der Waals surface area contributed by atoms with Crippen molar-refractivity contribution in [3.05, 3.63) is 32.1 Å². The maximum atomic E-state index is 12.6. The summed E-state index contributed by atoms with van der Waals surface area (Å²) in [5.74, 6) is -1.30. The third-order valence-electron chi connectivity index (χ3n) is 4.97. The van der Waals surface area contributed by atoms with Crippen LogP contribution in [0, 0.1) is 12.8 Å². The molecule has 0 radical (unpaired) electrons. The van der Waals surface area contributed by atoms with Crippen molar-refractivity contribution in [1.82, 2.24) is 24.5 Å². The van der Waals surface area contributed by atoms with Crippen molar-refractivity contribution >= 4 is 11.8 Å². The largest absolute Gasteiger partial charge is 0.330 e. The minimum Gasteiger partial charge on any atom is -0.301 e. The van der Waals surface area contributed by atoms with Crippen LogP contribution in [0.5, 0.6) is 0 Å². The van der Waals surface area contributed by atoms with Gasteiger partial charge in [0.1, 0.15) is 6.04 Å². The van der Waals surface area contributed by atoms with Crippen LogP contribution in [0.1, 0.15) is 17.3 Å². The predicted molar refractivity (Wildman–Crippen MR) is 80.4 cm³/mol. The number of carbonyl (C=O) groups excluding carboxylic acids is 2. The summed E-state index contributed by atoms with van der Waals surface area (Å²) < 4.78 is 2.39. The number of hydrogen-bond donors (Lipinski definition) is 1. The summed E-state index contributed by atoms with van der Waals surface area (Å²) in [6, 6.07) is -1.28. The first kappa shape index (κ1) is 15.6. The molecule has 9 heteroatoms. The first-order chi connectivity index (χ1) is 10.7. The molecule has 0 aromatic carbocycles. The van der Waals surface area contributed by atoms with Gasteiger partial charge in [-0.25, -0.2) is 15.2 Å². The number of likely N-dealkylation sites (N-methyl/N-ethyl adjacent to an activating group) is 2. The second-order valence-electron chi connectivity index (χ2n) is 6.13. The van der Waals surface area contributed by atoms with E-state index in [0.29, 0.717) is 11.3 Å². The molecule has 2 fully saturated rings. The third kappa shape index (κ3) is 1.86. The molecule has 3 rings (SSSR count). The van der Waals surface area contributed by atoms with E-state index in [-0.39, 0.29) is 11.8 Å². The number of nitrogens with zero attached hydrogens (tertiary/aromatic N) is 4. The van der Waals surface area contributed by atoms with E-state index in [4.69, 9.17) is 0 Å². The van der Waals surface area contributed by atoms with Crippen LogP contribution in [0.3, 0.4) is 0 Å². The topological polar surface area (TPSA) is 96.7 Å². The number of hydrazine groups is 1. The van der Waals surface area contributed by atoms with Gasteiger partial charge >= 0.3 is 5.69 Å². The summed E-state index contributed by atoms with van der Waals surface area (Å²) in [6.07, 6.45) is 0. The van der Waals surface area contributed by atoms with Crippen LogP contribution in [0.25, 0.3) is 0 Å². The van der Waals surface area contributed by atoms with Crippen molar-refractivity contribution in [3.8, 4) is 0 Å². The molecule has 0 saturated carbocycles.